The van der Waals surface area contributed by atoms with Crippen molar-refractivity contribution in [3.63, 3.8) is 0 Å². The van der Waals surface area contributed by atoms with E-state index in [4.69, 9.17) is 0 Å². The third-order valence-electron chi connectivity index (χ3n) is 9.33. The Morgan fingerprint density at radius 2 is 0.700 bits per heavy atom. The molecule has 0 fully saturated rings. The number of rotatable bonds is 8. The molecule has 0 amide bonds. The van der Waals surface area contributed by atoms with Crippen LogP contribution in [0.4, 0.5) is 34.1 Å². The van der Waals surface area contributed by atoms with Gasteiger partial charge in [0.25, 0.3) is 0 Å². The highest BCUT2D eigenvalue weighted by atomic mass is 15.1. The topological polar surface area (TPSA) is 6.48 Å². The van der Waals surface area contributed by atoms with Gasteiger partial charge in [0.2, 0.25) is 0 Å². The van der Waals surface area contributed by atoms with Crippen molar-refractivity contribution in [3.8, 4) is 0 Å². The summed E-state index contributed by atoms with van der Waals surface area (Å²) in [4.78, 5) is 4.62. The van der Waals surface area contributed by atoms with E-state index in [9.17, 15) is 0 Å². The molecule has 0 saturated heterocycles. The lowest BCUT2D eigenvalue weighted by atomic mass is 9.99. The Hall–Kier alpha value is -6.38. The maximum atomic E-state index is 2.34. The van der Waals surface area contributed by atoms with E-state index in [-0.39, 0.29) is 0 Å². The van der Waals surface area contributed by atoms with Gasteiger partial charge in [-0.3, -0.25) is 0 Å². The van der Waals surface area contributed by atoms with E-state index in [1.54, 1.807) is 0 Å². The van der Waals surface area contributed by atoms with Gasteiger partial charge in [-0.15, -0.1) is 0 Å². The van der Waals surface area contributed by atoms with Gasteiger partial charge in [-0.1, -0.05) is 126 Å². The summed E-state index contributed by atoms with van der Waals surface area (Å²) in [7, 11) is 0. The monoisotopic (exact) mass is 642 g/mol. The zero-order valence-corrected chi connectivity index (χ0v) is 28.4. The number of para-hydroxylation sites is 2. The van der Waals surface area contributed by atoms with Crippen molar-refractivity contribution in [2.75, 3.05) is 9.80 Å². The van der Waals surface area contributed by atoms with E-state index in [2.05, 4.69) is 218 Å². The first-order valence-electron chi connectivity index (χ1n) is 17.2. The summed E-state index contributed by atoms with van der Waals surface area (Å²) in [5, 5.41) is 4.97. The zero-order valence-electron chi connectivity index (χ0n) is 28.4. The highest BCUT2D eigenvalue weighted by molar-refractivity contribution is 6.09. The highest BCUT2D eigenvalue weighted by Gasteiger charge is 2.14. The van der Waals surface area contributed by atoms with Crippen molar-refractivity contribution < 1.29 is 0 Å². The summed E-state index contributed by atoms with van der Waals surface area (Å²) >= 11 is 0. The number of nitrogens with zero attached hydrogens (tertiary/aromatic N) is 2. The van der Waals surface area contributed by atoms with Crippen LogP contribution in [0.5, 0.6) is 0 Å². The highest BCUT2D eigenvalue weighted by Crippen LogP contribution is 2.38. The zero-order chi connectivity index (χ0) is 33.9. The van der Waals surface area contributed by atoms with Gasteiger partial charge in [-0.05, 0) is 125 Å². The lowest BCUT2D eigenvalue weighted by Crippen LogP contribution is -2.09. The van der Waals surface area contributed by atoms with Crippen LogP contribution in [0.2, 0.25) is 0 Å². The van der Waals surface area contributed by atoms with Gasteiger partial charge < -0.3 is 9.80 Å². The molecule has 0 aliphatic heterocycles. The fraction of sp³-hybridized carbons (Fsp3) is 0.0417. The molecule has 0 unspecified atom stereocenters. The van der Waals surface area contributed by atoms with Crippen LogP contribution in [0.1, 0.15) is 22.3 Å². The molecule has 0 aliphatic rings. The molecule has 0 N–H and O–H groups in total. The van der Waals surface area contributed by atoms with Gasteiger partial charge in [-0.2, -0.15) is 0 Å². The molecule has 0 aliphatic carbocycles. The molecule has 8 rings (SSSR count). The van der Waals surface area contributed by atoms with Gasteiger partial charge in [0.15, 0.2) is 0 Å². The summed E-state index contributed by atoms with van der Waals surface area (Å²) in [6.07, 6.45) is 4.40. The molecule has 0 radical (unpaired) electrons. The predicted octanol–water partition coefficient (Wildman–Crippen LogP) is 13.7. The molecule has 0 saturated carbocycles. The molecule has 0 heterocycles. The molecule has 2 nitrogen and oxygen atoms in total. The Kier molecular flexibility index (Phi) is 8.42. The van der Waals surface area contributed by atoms with Crippen LogP contribution in [0.25, 0.3) is 33.7 Å². The van der Waals surface area contributed by atoms with E-state index in [1.165, 1.54) is 38.2 Å². The Labute approximate surface area is 294 Å². The third-order valence-corrected chi connectivity index (χ3v) is 9.33. The van der Waals surface area contributed by atoms with Crippen LogP contribution in [-0.4, -0.2) is 0 Å². The first-order valence-corrected chi connectivity index (χ1v) is 17.2. The van der Waals surface area contributed by atoms with Crippen molar-refractivity contribution in [2.24, 2.45) is 0 Å². The quantitative estimate of drug-likeness (QED) is 0.120. The normalized spacial score (nSPS) is 11.3. The smallest absolute Gasteiger partial charge is 0.0468 e. The number of fused-ring (bicyclic) bond motifs is 3. The lowest BCUT2D eigenvalue weighted by Gasteiger charge is -2.26. The summed E-state index contributed by atoms with van der Waals surface area (Å²) in [6, 6.07) is 65.4. The van der Waals surface area contributed by atoms with Crippen LogP contribution in [0.15, 0.2) is 182 Å². The molecule has 50 heavy (non-hydrogen) atoms. The van der Waals surface area contributed by atoms with Crippen LogP contribution in [0.3, 0.4) is 0 Å². The number of anilines is 6. The molecule has 0 bridgehead atoms. The fourth-order valence-electron chi connectivity index (χ4n) is 6.68. The Morgan fingerprint density at radius 1 is 0.320 bits per heavy atom. The maximum Gasteiger partial charge on any atom is 0.0468 e. The van der Waals surface area contributed by atoms with Crippen molar-refractivity contribution in [2.45, 2.75) is 13.8 Å². The van der Waals surface area contributed by atoms with E-state index < -0.39 is 0 Å². The molecule has 0 aromatic heterocycles. The van der Waals surface area contributed by atoms with Crippen LogP contribution in [-0.2, 0) is 0 Å². The number of hydrogen-bond acceptors (Lipinski definition) is 2. The SMILES string of the molecule is Cc1ccc(N(c2ccc(C)cc2)c2ccc3c(ccc4cc(/C=C/c5ccc(N(c6ccccc6)c6ccccc6)cc5)ccc43)c2)cc1. The summed E-state index contributed by atoms with van der Waals surface area (Å²) < 4.78 is 0. The van der Waals surface area contributed by atoms with Gasteiger partial charge in [0.05, 0.1) is 0 Å². The second kappa shape index (κ2) is 13.6. The number of hydrogen-bond donors (Lipinski definition) is 0. The fourth-order valence-corrected chi connectivity index (χ4v) is 6.68. The van der Waals surface area contributed by atoms with Crippen molar-refractivity contribution >= 4 is 67.8 Å². The van der Waals surface area contributed by atoms with E-state index in [1.807, 2.05) is 0 Å². The minimum absolute atomic E-state index is 1.13. The Balaban J connectivity index is 1.07. The van der Waals surface area contributed by atoms with Gasteiger partial charge in [0.1, 0.15) is 0 Å². The number of aryl methyl sites for hydroxylation is 2. The second-order valence-electron chi connectivity index (χ2n) is 12.9. The van der Waals surface area contributed by atoms with E-state index >= 15 is 0 Å². The minimum atomic E-state index is 1.13. The Morgan fingerprint density at radius 3 is 1.24 bits per heavy atom. The van der Waals surface area contributed by atoms with E-state index in [0.717, 1.165) is 39.7 Å². The number of benzene rings is 8. The summed E-state index contributed by atoms with van der Waals surface area (Å²) in [6.45, 7) is 4.26. The third kappa shape index (κ3) is 6.40. The van der Waals surface area contributed by atoms with Crippen LogP contribution in [0, 0.1) is 13.8 Å². The van der Waals surface area contributed by atoms with Crippen molar-refractivity contribution in [1.82, 2.24) is 0 Å². The first-order chi connectivity index (χ1) is 24.6. The molecule has 8 aromatic rings. The molecule has 240 valence electrons. The lowest BCUT2D eigenvalue weighted by molar-refractivity contribution is 1.27. The summed E-state index contributed by atoms with van der Waals surface area (Å²) in [5.74, 6) is 0. The van der Waals surface area contributed by atoms with E-state index in [0.29, 0.717) is 0 Å². The molecule has 2 heteroatoms. The minimum Gasteiger partial charge on any atom is -0.311 e. The van der Waals surface area contributed by atoms with Crippen molar-refractivity contribution in [3.05, 3.63) is 204 Å². The molecule has 0 spiro atoms. The van der Waals surface area contributed by atoms with Crippen LogP contribution >= 0.6 is 0 Å². The Bertz CT molecular complexity index is 2330. The van der Waals surface area contributed by atoms with Crippen LogP contribution < -0.4 is 9.80 Å². The predicted molar refractivity (Wildman–Crippen MR) is 216 cm³/mol. The second-order valence-corrected chi connectivity index (χ2v) is 12.9. The molecule has 8 aromatic carbocycles. The van der Waals surface area contributed by atoms with Gasteiger partial charge in [0, 0.05) is 34.1 Å². The molecule has 0 atom stereocenters. The average molecular weight is 643 g/mol. The summed E-state index contributed by atoms with van der Waals surface area (Å²) in [5.41, 5.74) is 11.7. The van der Waals surface area contributed by atoms with Crippen molar-refractivity contribution in [1.29, 1.82) is 0 Å². The van der Waals surface area contributed by atoms with Gasteiger partial charge in [-0.25, -0.2) is 0 Å². The molecular formula is C48H38N2. The first kappa shape index (κ1) is 30.9. The average Bonchev–Trinajstić information content (AvgIpc) is 3.17. The maximum absolute atomic E-state index is 2.34. The largest absolute Gasteiger partial charge is 0.311 e. The molecular weight excluding hydrogens is 605 g/mol. The van der Waals surface area contributed by atoms with Gasteiger partial charge >= 0.3 is 0 Å². The standard InChI is InChI=1S/C48H38N2/c1-35-13-24-43(25-14-35)50(44-26-15-36(2)16-27-44)46-30-32-48-40(34-46)23-22-39-33-38(21-31-47(39)48)18-17-37-19-28-45(29-20-37)49(41-9-5-3-6-10-41)42-11-7-4-8-12-42/h3-34H,1-2H3/b18-17+.